The standard InChI is InChI=1S/C15H23NO2/c1-2-6-16-7-9-17-8-5-13-3-4-14-11-18-12-15(14)10-13/h3-4,10,16H,2,5-9,11-12H2,1H3. The molecule has 18 heavy (non-hydrogen) atoms. The summed E-state index contributed by atoms with van der Waals surface area (Å²) in [6, 6.07) is 6.62. The van der Waals surface area contributed by atoms with E-state index in [1.807, 2.05) is 0 Å². The summed E-state index contributed by atoms with van der Waals surface area (Å²) in [7, 11) is 0. The summed E-state index contributed by atoms with van der Waals surface area (Å²) in [5.41, 5.74) is 4.03. The molecule has 1 aromatic rings. The Morgan fingerprint density at radius 1 is 1.17 bits per heavy atom. The molecule has 2 rings (SSSR count). The van der Waals surface area contributed by atoms with Crippen LogP contribution < -0.4 is 5.32 Å². The van der Waals surface area contributed by atoms with Crippen molar-refractivity contribution in [3.8, 4) is 0 Å². The van der Waals surface area contributed by atoms with Crippen molar-refractivity contribution >= 4 is 0 Å². The van der Waals surface area contributed by atoms with Crippen LogP contribution >= 0.6 is 0 Å². The maximum atomic E-state index is 5.61. The average molecular weight is 249 g/mol. The fourth-order valence-corrected chi connectivity index (χ4v) is 2.12. The third kappa shape index (κ3) is 4.09. The number of benzene rings is 1. The van der Waals surface area contributed by atoms with Crippen LogP contribution in [0.4, 0.5) is 0 Å². The summed E-state index contributed by atoms with van der Waals surface area (Å²) in [6.45, 7) is 7.34. The summed E-state index contributed by atoms with van der Waals surface area (Å²) in [5.74, 6) is 0. The van der Waals surface area contributed by atoms with Gasteiger partial charge in [-0.1, -0.05) is 25.1 Å². The molecule has 0 unspecified atom stereocenters. The SMILES string of the molecule is CCCNCCOCCc1ccc2c(c1)COC2. The first-order valence-corrected chi connectivity index (χ1v) is 6.87. The van der Waals surface area contributed by atoms with Crippen LogP contribution in [0.3, 0.4) is 0 Å². The highest BCUT2D eigenvalue weighted by molar-refractivity contribution is 5.33. The Bertz CT molecular complexity index is 366. The number of ether oxygens (including phenoxy) is 2. The van der Waals surface area contributed by atoms with Crippen molar-refractivity contribution in [3.05, 3.63) is 34.9 Å². The largest absolute Gasteiger partial charge is 0.380 e. The van der Waals surface area contributed by atoms with Crippen molar-refractivity contribution in [1.29, 1.82) is 0 Å². The molecule has 0 radical (unpaired) electrons. The van der Waals surface area contributed by atoms with Crippen LogP contribution in [0.1, 0.15) is 30.0 Å². The van der Waals surface area contributed by atoms with Crippen molar-refractivity contribution in [2.45, 2.75) is 33.0 Å². The summed E-state index contributed by atoms with van der Waals surface area (Å²) >= 11 is 0. The van der Waals surface area contributed by atoms with E-state index in [0.29, 0.717) is 0 Å². The highest BCUT2D eigenvalue weighted by Crippen LogP contribution is 2.20. The van der Waals surface area contributed by atoms with Gasteiger partial charge < -0.3 is 14.8 Å². The zero-order valence-corrected chi connectivity index (χ0v) is 11.2. The molecule has 3 heteroatoms. The van der Waals surface area contributed by atoms with Gasteiger partial charge >= 0.3 is 0 Å². The second kappa shape index (κ2) is 7.52. The van der Waals surface area contributed by atoms with Gasteiger partial charge in [-0.2, -0.15) is 0 Å². The Hall–Kier alpha value is -0.900. The highest BCUT2D eigenvalue weighted by atomic mass is 16.5. The van der Waals surface area contributed by atoms with Gasteiger partial charge in [-0.05, 0) is 36.1 Å². The van der Waals surface area contributed by atoms with Crippen molar-refractivity contribution in [2.24, 2.45) is 0 Å². The van der Waals surface area contributed by atoms with E-state index in [-0.39, 0.29) is 0 Å². The Labute approximate surface area is 109 Å². The van der Waals surface area contributed by atoms with E-state index in [9.17, 15) is 0 Å². The predicted octanol–water partition coefficient (Wildman–Crippen LogP) is 2.28. The van der Waals surface area contributed by atoms with Crippen LogP contribution in [0.15, 0.2) is 18.2 Å². The fraction of sp³-hybridized carbons (Fsp3) is 0.600. The second-order valence-corrected chi connectivity index (χ2v) is 4.71. The monoisotopic (exact) mass is 249 g/mol. The first-order chi connectivity index (χ1) is 8.90. The second-order valence-electron chi connectivity index (χ2n) is 4.71. The minimum atomic E-state index is 0.769. The molecule has 0 saturated heterocycles. The molecule has 0 amide bonds. The van der Waals surface area contributed by atoms with Crippen molar-refractivity contribution in [3.63, 3.8) is 0 Å². The van der Waals surface area contributed by atoms with Gasteiger partial charge in [-0.15, -0.1) is 0 Å². The zero-order valence-electron chi connectivity index (χ0n) is 11.2. The van der Waals surface area contributed by atoms with E-state index in [2.05, 4.69) is 30.4 Å². The quantitative estimate of drug-likeness (QED) is 0.717. The molecule has 0 atom stereocenters. The van der Waals surface area contributed by atoms with E-state index in [1.54, 1.807) is 0 Å². The number of hydrogen-bond acceptors (Lipinski definition) is 3. The molecule has 3 nitrogen and oxygen atoms in total. The van der Waals surface area contributed by atoms with Crippen LogP contribution in [0.25, 0.3) is 0 Å². The molecule has 0 fully saturated rings. The molecule has 0 spiro atoms. The molecule has 0 aliphatic carbocycles. The summed E-state index contributed by atoms with van der Waals surface area (Å²) in [6.07, 6.45) is 2.16. The van der Waals surface area contributed by atoms with Gasteiger partial charge in [0, 0.05) is 6.54 Å². The molecule has 0 bridgehead atoms. The third-order valence-corrected chi connectivity index (χ3v) is 3.17. The van der Waals surface area contributed by atoms with Gasteiger partial charge in [0.1, 0.15) is 0 Å². The van der Waals surface area contributed by atoms with Crippen molar-refractivity contribution in [2.75, 3.05) is 26.3 Å². The number of rotatable bonds is 8. The van der Waals surface area contributed by atoms with Gasteiger partial charge in [0.25, 0.3) is 0 Å². The van der Waals surface area contributed by atoms with Crippen molar-refractivity contribution in [1.82, 2.24) is 5.32 Å². The summed E-state index contributed by atoms with van der Waals surface area (Å²) in [4.78, 5) is 0. The fourth-order valence-electron chi connectivity index (χ4n) is 2.12. The third-order valence-electron chi connectivity index (χ3n) is 3.17. The zero-order chi connectivity index (χ0) is 12.6. The average Bonchev–Trinajstić information content (AvgIpc) is 2.85. The molecule has 1 aliphatic heterocycles. The maximum absolute atomic E-state index is 5.61. The molecule has 0 aromatic heterocycles. The van der Waals surface area contributed by atoms with Crippen LogP contribution in [0.2, 0.25) is 0 Å². The molecule has 1 aliphatic rings. The van der Waals surface area contributed by atoms with E-state index >= 15 is 0 Å². The first-order valence-electron chi connectivity index (χ1n) is 6.87. The van der Waals surface area contributed by atoms with E-state index in [1.165, 1.54) is 23.1 Å². The molecular weight excluding hydrogens is 226 g/mol. The smallest absolute Gasteiger partial charge is 0.0725 e. The lowest BCUT2D eigenvalue weighted by Gasteiger charge is -2.06. The van der Waals surface area contributed by atoms with E-state index in [0.717, 1.165) is 45.9 Å². The van der Waals surface area contributed by atoms with Gasteiger partial charge in [-0.3, -0.25) is 0 Å². The molecule has 0 saturated carbocycles. The van der Waals surface area contributed by atoms with Crippen LogP contribution in [0, 0.1) is 0 Å². The lowest BCUT2D eigenvalue weighted by molar-refractivity contribution is 0.134. The van der Waals surface area contributed by atoms with Crippen LogP contribution in [0.5, 0.6) is 0 Å². The Balaban J connectivity index is 1.62. The van der Waals surface area contributed by atoms with Gasteiger partial charge in [0.05, 0.1) is 26.4 Å². The number of hydrogen-bond donors (Lipinski definition) is 1. The first kappa shape index (κ1) is 13.5. The number of fused-ring (bicyclic) bond motifs is 1. The lowest BCUT2D eigenvalue weighted by atomic mass is 10.0. The van der Waals surface area contributed by atoms with E-state index in [4.69, 9.17) is 9.47 Å². The minimum Gasteiger partial charge on any atom is -0.380 e. The van der Waals surface area contributed by atoms with Crippen LogP contribution in [-0.2, 0) is 29.1 Å². The Morgan fingerprint density at radius 3 is 2.94 bits per heavy atom. The van der Waals surface area contributed by atoms with E-state index < -0.39 is 0 Å². The normalized spacial score (nSPS) is 13.8. The summed E-state index contributed by atoms with van der Waals surface area (Å²) in [5, 5.41) is 3.33. The van der Waals surface area contributed by atoms with Gasteiger partial charge in [0.2, 0.25) is 0 Å². The van der Waals surface area contributed by atoms with Gasteiger partial charge in [0.15, 0.2) is 0 Å². The van der Waals surface area contributed by atoms with Crippen LogP contribution in [-0.4, -0.2) is 26.3 Å². The lowest BCUT2D eigenvalue weighted by Crippen LogP contribution is -2.20. The Kier molecular flexibility index (Phi) is 5.65. The van der Waals surface area contributed by atoms with Crippen molar-refractivity contribution < 1.29 is 9.47 Å². The maximum Gasteiger partial charge on any atom is 0.0725 e. The highest BCUT2D eigenvalue weighted by Gasteiger charge is 2.10. The number of nitrogens with one attached hydrogen (secondary N) is 1. The molecule has 1 aromatic carbocycles. The Morgan fingerprint density at radius 2 is 2.06 bits per heavy atom. The molecule has 1 N–H and O–H groups in total. The molecule has 100 valence electrons. The van der Waals surface area contributed by atoms with Gasteiger partial charge in [-0.25, -0.2) is 0 Å². The minimum absolute atomic E-state index is 0.769. The topological polar surface area (TPSA) is 30.5 Å². The molecular formula is C15H23NO2. The summed E-state index contributed by atoms with van der Waals surface area (Å²) < 4.78 is 11.0. The predicted molar refractivity (Wildman–Crippen MR) is 72.6 cm³/mol. The molecule has 1 heterocycles.